The summed E-state index contributed by atoms with van der Waals surface area (Å²) in [7, 11) is 1.72. The molecule has 1 amide bonds. The minimum Gasteiger partial charge on any atom is -0.353 e. The molecule has 0 fully saturated rings. The molecule has 0 aromatic heterocycles. The predicted molar refractivity (Wildman–Crippen MR) is 81.6 cm³/mol. The van der Waals surface area contributed by atoms with E-state index in [1.165, 1.54) is 6.07 Å². The first-order chi connectivity index (χ1) is 9.29. The fraction of sp³-hybridized carbons (Fsp3) is 0.429. The van der Waals surface area contributed by atoms with Crippen LogP contribution in [0.1, 0.15) is 24.2 Å². The number of Topliss-reactive ketones (excluding diaryl/α,β-unsaturated/α-hetero) is 1. The number of likely N-dealkylation sites (N-methyl/N-ethyl adjacent to an activating group) is 1. The summed E-state index contributed by atoms with van der Waals surface area (Å²) >= 11 is 11.7. The van der Waals surface area contributed by atoms with E-state index in [2.05, 4.69) is 5.32 Å². The Hall–Kier alpha value is -1.10. The van der Waals surface area contributed by atoms with E-state index >= 15 is 0 Å². The molecule has 0 radical (unpaired) electrons. The van der Waals surface area contributed by atoms with E-state index in [1.54, 1.807) is 24.1 Å². The maximum Gasteiger partial charge on any atom is 0.234 e. The molecule has 20 heavy (non-hydrogen) atoms. The van der Waals surface area contributed by atoms with Crippen LogP contribution in [0.25, 0.3) is 0 Å². The van der Waals surface area contributed by atoms with Crippen molar-refractivity contribution < 1.29 is 9.59 Å². The van der Waals surface area contributed by atoms with Crippen molar-refractivity contribution in [3.05, 3.63) is 33.8 Å². The van der Waals surface area contributed by atoms with E-state index < -0.39 is 0 Å². The van der Waals surface area contributed by atoms with Crippen molar-refractivity contribution in [3.63, 3.8) is 0 Å². The second kappa shape index (κ2) is 7.62. The highest BCUT2D eigenvalue weighted by atomic mass is 35.5. The second-order valence-electron chi connectivity index (χ2n) is 4.95. The molecule has 0 spiro atoms. The molecule has 1 N–H and O–H groups in total. The maximum absolute atomic E-state index is 12.0. The summed E-state index contributed by atoms with van der Waals surface area (Å²) in [5.74, 6) is -0.215. The zero-order chi connectivity index (χ0) is 15.3. The van der Waals surface area contributed by atoms with E-state index in [0.717, 1.165) is 0 Å². The van der Waals surface area contributed by atoms with Crippen LogP contribution in [-0.2, 0) is 4.79 Å². The zero-order valence-corrected chi connectivity index (χ0v) is 13.3. The van der Waals surface area contributed by atoms with Gasteiger partial charge < -0.3 is 5.32 Å². The lowest BCUT2D eigenvalue weighted by Crippen LogP contribution is -2.40. The largest absolute Gasteiger partial charge is 0.353 e. The van der Waals surface area contributed by atoms with Crippen LogP contribution >= 0.6 is 23.2 Å². The lowest BCUT2D eigenvalue weighted by molar-refractivity contribution is -0.122. The Morgan fingerprint density at radius 2 is 1.85 bits per heavy atom. The highest BCUT2D eigenvalue weighted by Gasteiger charge is 2.13. The van der Waals surface area contributed by atoms with Gasteiger partial charge in [0.1, 0.15) is 0 Å². The Bertz CT molecular complexity index is 504. The normalized spacial score (nSPS) is 10.9. The number of rotatable bonds is 6. The van der Waals surface area contributed by atoms with Crippen LogP contribution in [-0.4, -0.2) is 42.8 Å². The van der Waals surface area contributed by atoms with Gasteiger partial charge in [-0.25, -0.2) is 0 Å². The van der Waals surface area contributed by atoms with Gasteiger partial charge in [0.05, 0.1) is 23.1 Å². The van der Waals surface area contributed by atoms with Gasteiger partial charge >= 0.3 is 0 Å². The van der Waals surface area contributed by atoms with Gasteiger partial charge in [-0.1, -0.05) is 23.2 Å². The number of ketones is 1. The lowest BCUT2D eigenvalue weighted by atomic mass is 10.1. The topological polar surface area (TPSA) is 49.4 Å². The number of nitrogens with zero attached hydrogens (tertiary/aromatic N) is 1. The molecule has 0 aliphatic rings. The number of hydrogen-bond donors (Lipinski definition) is 1. The smallest absolute Gasteiger partial charge is 0.234 e. The summed E-state index contributed by atoms with van der Waals surface area (Å²) in [6, 6.07) is 4.83. The van der Waals surface area contributed by atoms with Crippen LogP contribution in [0.3, 0.4) is 0 Å². The molecule has 110 valence electrons. The highest BCUT2D eigenvalue weighted by Crippen LogP contribution is 2.22. The van der Waals surface area contributed by atoms with Gasteiger partial charge in [-0.2, -0.15) is 0 Å². The Labute approximate surface area is 129 Å². The molecule has 1 aromatic rings. The number of halogens is 2. The molecule has 1 aromatic carbocycles. The van der Waals surface area contributed by atoms with E-state index in [4.69, 9.17) is 23.2 Å². The van der Waals surface area contributed by atoms with Gasteiger partial charge in [0.2, 0.25) is 5.91 Å². The van der Waals surface area contributed by atoms with E-state index in [1.807, 2.05) is 13.8 Å². The fourth-order valence-corrected chi connectivity index (χ4v) is 1.97. The Kier molecular flexibility index (Phi) is 6.46. The van der Waals surface area contributed by atoms with Gasteiger partial charge in [0.25, 0.3) is 0 Å². The first-order valence-electron chi connectivity index (χ1n) is 6.25. The molecule has 1 rings (SSSR count). The van der Waals surface area contributed by atoms with Crippen LogP contribution in [0.5, 0.6) is 0 Å². The van der Waals surface area contributed by atoms with Gasteiger partial charge in [0.15, 0.2) is 5.78 Å². The summed E-state index contributed by atoms with van der Waals surface area (Å²) in [6.07, 6.45) is 0. The quantitative estimate of drug-likeness (QED) is 0.821. The molecule has 0 saturated carbocycles. The maximum atomic E-state index is 12.0. The molecule has 0 saturated heterocycles. The minimum absolute atomic E-state index is 0.0849. The third-order valence-electron chi connectivity index (χ3n) is 2.52. The standard InChI is InChI=1S/C14H18Cl2N2O2/c1-9(2)17-14(20)8-18(3)7-13(19)10-4-5-11(15)12(16)6-10/h4-6,9H,7-8H2,1-3H3,(H,17,20). The van der Waals surface area contributed by atoms with E-state index in [0.29, 0.717) is 15.6 Å². The summed E-state index contributed by atoms with van der Waals surface area (Å²) in [6.45, 7) is 4.09. The van der Waals surface area contributed by atoms with Crippen molar-refractivity contribution in [2.75, 3.05) is 20.1 Å². The van der Waals surface area contributed by atoms with Crippen LogP contribution in [0.15, 0.2) is 18.2 Å². The number of carbonyl (C=O) groups is 2. The zero-order valence-electron chi connectivity index (χ0n) is 11.7. The first-order valence-corrected chi connectivity index (χ1v) is 7.01. The van der Waals surface area contributed by atoms with Crippen molar-refractivity contribution in [2.45, 2.75) is 19.9 Å². The number of hydrogen-bond acceptors (Lipinski definition) is 3. The third-order valence-corrected chi connectivity index (χ3v) is 3.26. The molecule has 0 atom stereocenters. The van der Waals surface area contributed by atoms with Crippen LogP contribution in [0.4, 0.5) is 0 Å². The van der Waals surface area contributed by atoms with Gasteiger partial charge in [0, 0.05) is 11.6 Å². The summed E-state index contributed by atoms with van der Waals surface area (Å²) in [5.41, 5.74) is 0.482. The van der Waals surface area contributed by atoms with Crippen molar-refractivity contribution in [1.82, 2.24) is 10.2 Å². The van der Waals surface area contributed by atoms with Gasteiger partial charge in [-0.3, -0.25) is 14.5 Å². The lowest BCUT2D eigenvalue weighted by Gasteiger charge is -2.16. The van der Waals surface area contributed by atoms with Crippen LogP contribution < -0.4 is 5.32 Å². The summed E-state index contributed by atoms with van der Waals surface area (Å²) in [5, 5.41) is 3.53. The van der Waals surface area contributed by atoms with E-state index in [-0.39, 0.29) is 30.8 Å². The average molecular weight is 317 g/mol. The molecule has 0 heterocycles. The number of carbonyl (C=O) groups excluding carboxylic acids is 2. The molecule has 4 nitrogen and oxygen atoms in total. The molecular formula is C14H18Cl2N2O2. The molecule has 0 unspecified atom stereocenters. The van der Waals surface area contributed by atoms with Crippen LogP contribution in [0, 0.1) is 0 Å². The fourth-order valence-electron chi connectivity index (χ4n) is 1.67. The minimum atomic E-state index is -0.108. The van der Waals surface area contributed by atoms with Gasteiger partial charge in [-0.05, 0) is 39.1 Å². The number of benzene rings is 1. The SMILES string of the molecule is CC(C)NC(=O)CN(C)CC(=O)c1ccc(Cl)c(Cl)c1. The van der Waals surface area contributed by atoms with Crippen molar-refractivity contribution in [3.8, 4) is 0 Å². The highest BCUT2D eigenvalue weighted by molar-refractivity contribution is 6.42. The molecule has 0 bridgehead atoms. The Balaban J connectivity index is 2.57. The van der Waals surface area contributed by atoms with Crippen LogP contribution in [0.2, 0.25) is 10.0 Å². The monoisotopic (exact) mass is 316 g/mol. The average Bonchev–Trinajstić information content (AvgIpc) is 2.30. The second-order valence-corrected chi connectivity index (χ2v) is 5.76. The predicted octanol–water partition coefficient (Wildman–Crippen LogP) is 2.63. The molecule has 0 aliphatic carbocycles. The molecule has 0 aliphatic heterocycles. The Morgan fingerprint density at radius 1 is 1.20 bits per heavy atom. The Morgan fingerprint density at radius 3 is 2.40 bits per heavy atom. The van der Waals surface area contributed by atoms with Gasteiger partial charge in [-0.15, -0.1) is 0 Å². The number of nitrogens with one attached hydrogen (secondary N) is 1. The van der Waals surface area contributed by atoms with Crippen molar-refractivity contribution in [2.24, 2.45) is 0 Å². The third kappa shape index (κ3) is 5.49. The summed E-state index contributed by atoms with van der Waals surface area (Å²) < 4.78 is 0. The molecular weight excluding hydrogens is 299 g/mol. The molecule has 6 heteroatoms. The summed E-state index contributed by atoms with van der Waals surface area (Å²) in [4.78, 5) is 25.3. The number of amides is 1. The van der Waals surface area contributed by atoms with Crippen molar-refractivity contribution in [1.29, 1.82) is 0 Å². The first kappa shape index (κ1) is 17.0. The van der Waals surface area contributed by atoms with E-state index in [9.17, 15) is 9.59 Å². The van der Waals surface area contributed by atoms with Crippen molar-refractivity contribution >= 4 is 34.9 Å².